The van der Waals surface area contributed by atoms with E-state index >= 15 is 0 Å². The minimum atomic E-state index is 0. The number of hydrogen-bond acceptors (Lipinski definition) is 1. The zero-order valence-corrected chi connectivity index (χ0v) is 11.1. The van der Waals surface area contributed by atoms with Crippen molar-refractivity contribution >= 4 is 23.2 Å². The molecule has 0 spiro atoms. The van der Waals surface area contributed by atoms with Crippen molar-refractivity contribution in [1.29, 1.82) is 0 Å². The van der Waals surface area contributed by atoms with Gasteiger partial charge in [-0.3, -0.25) is 4.98 Å². The van der Waals surface area contributed by atoms with Gasteiger partial charge >= 0.3 is 0 Å². The molecule has 1 heterocycles. The third-order valence-electron chi connectivity index (χ3n) is 1.02. The molecule has 0 aromatic carbocycles. The molecule has 0 fully saturated rings. The summed E-state index contributed by atoms with van der Waals surface area (Å²) in [5.41, 5.74) is 0.768. The van der Waals surface area contributed by atoms with E-state index in [0.29, 0.717) is 10.0 Å². The maximum atomic E-state index is 5.68. The topological polar surface area (TPSA) is 12.9 Å². The molecule has 0 aliphatic rings. The minimum Gasteiger partial charge on any atom is -0.260 e. The molecule has 1 rings (SSSR count). The van der Waals surface area contributed by atoms with Gasteiger partial charge in [-0.25, -0.2) is 0 Å². The van der Waals surface area contributed by atoms with E-state index in [1.54, 1.807) is 12.3 Å². The zero-order chi connectivity index (χ0) is 6.85. The van der Waals surface area contributed by atoms with Crippen LogP contribution in [0.5, 0.6) is 0 Å². The van der Waals surface area contributed by atoms with E-state index in [1.807, 2.05) is 6.92 Å². The van der Waals surface area contributed by atoms with E-state index in [0.717, 1.165) is 5.69 Å². The molecule has 4 heteroatoms. The second-order valence-corrected chi connectivity index (χ2v) is 2.48. The van der Waals surface area contributed by atoms with Gasteiger partial charge in [0.05, 0.1) is 15.7 Å². The van der Waals surface area contributed by atoms with Gasteiger partial charge in [0, 0.05) is 33.5 Å². The predicted molar refractivity (Wildman–Crippen MR) is 39.0 cm³/mol. The Bertz CT molecular complexity index is 207. The Morgan fingerprint density at radius 1 is 1.40 bits per heavy atom. The number of rotatable bonds is 0. The van der Waals surface area contributed by atoms with Gasteiger partial charge in [-0.15, -0.1) is 0 Å². The fourth-order valence-corrected chi connectivity index (χ4v) is 0.822. The van der Waals surface area contributed by atoms with Crippen molar-refractivity contribution in [2.75, 3.05) is 0 Å². The van der Waals surface area contributed by atoms with Crippen LogP contribution in [-0.4, -0.2) is 4.98 Å². The molecule has 50 valence electrons. The summed E-state index contributed by atoms with van der Waals surface area (Å²) in [6.45, 7) is 1.81. The monoisotopic (exact) mass is 275 g/mol. The summed E-state index contributed by atoms with van der Waals surface area (Å²) in [6, 6.07) is 1.66. The Hall–Kier alpha value is 0.652. The SMILES string of the molecule is Cc1nccc(Cl)c1Cl.[Cd]. The first-order chi connectivity index (χ1) is 4.22. The van der Waals surface area contributed by atoms with Gasteiger partial charge in [-0.1, -0.05) is 23.2 Å². The van der Waals surface area contributed by atoms with E-state index in [4.69, 9.17) is 23.2 Å². The van der Waals surface area contributed by atoms with Crippen LogP contribution in [0.15, 0.2) is 12.3 Å². The third kappa shape index (κ3) is 2.36. The van der Waals surface area contributed by atoms with Crippen molar-refractivity contribution in [2.45, 2.75) is 6.92 Å². The molecule has 0 radical (unpaired) electrons. The van der Waals surface area contributed by atoms with Crippen LogP contribution in [-0.2, 0) is 27.3 Å². The van der Waals surface area contributed by atoms with Crippen LogP contribution in [0.2, 0.25) is 10.0 Å². The van der Waals surface area contributed by atoms with E-state index < -0.39 is 0 Å². The van der Waals surface area contributed by atoms with Gasteiger partial charge in [0.15, 0.2) is 0 Å². The first-order valence-electron chi connectivity index (χ1n) is 2.48. The standard InChI is InChI=1S/C6H5Cl2N.Cd/c1-4-6(8)5(7)2-3-9-4;/h2-3H,1H3;. The second-order valence-electron chi connectivity index (χ2n) is 1.69. The summed E-state index contributed by atoms with van der Waals surface area (Å²) in [5, 5.41) is 1.10. The van der Waals surface area contributed by atoms with Crippen LogP contribution < -0.4 is 0 Å². The van der Waals surface area contributed by atoms with Crippen molar-refractivity contribution in [3.05, 3.63) is 28.0 Å². The molecule has 1 nitrogen and oxygen atoms in total. The molecule has 0 saturated heterocycles. The van der Waals surface area contributed by atoms with Crippen LogP contribution in [0.25, 0.3) is 0 Å². The normalized spacial score (nSPS) is 8.70. The van der Waals surface area contributed by atoms with Crippen molar-refractivity contribution in [3.8, 4) is 0 Å². The van der Waals surface area contributed by atoms with Gasteiger partial charge < -0.3 is 0 Å². The smallest absolute Gasteiger partial charge is 0.0804 e. The quantitative estimate of drug-likeness (QED) is 0.663. The molecular weight excluding hydrogens is 269 g/mol. The molecule has 1 aromatic rings. The van der Waals surface area contributed by atoms with Crippen molar-refractivity contribution < 1.29 is 27.3 Å². The number of hydrogen-bond donors (Lipinski definition) is 0. The molecule has 0 atom stereocenters. The summed E-state index contributed by atoms with van der Waals surface area (Å²) in [5.74, 6) is 0. The molecule has 0 N–H and O–H groups in total. The number of aromatic nitrogens is 1. The fourth-order valence-electron chi connectivity index (χ4n) is 0.517. The Labute approximate surface area is 89.9 Å². The van der Waals surface area contributed by atoms with Gasteiger partial charge in [-0.05, 0) is 13.0 Å². The molecule has 0 amide bonds. The Balaban J connectivity index is 0.000000810. The van der Waals surface area contributed by atoms with Crippen LogP contribution in [0.3, 0.4) is 0 Å². The average molecular weight is 274 g/mol. The average Bonchev–Trinajstić information content (AvgIpc) is 1.83. The van der Waals surface area contributed by atoms with Crippen LogP contribution in [0.1, 0.15) is 5.69 Å². The molecule has 10 heavy (non-hydrogen) atoms. The summed E-state index contributed by atoms with van der Waals surface area (Å²) >= 11 is 11.3. The molecular formula is C6H5CdCl2N. The minimum absolute atomic E-state index is 0. The number of aryl methyl sites for hydroxylation is 1. The number of nitrogens with zero attached hydrogens (tertiary/aromatic N) is 1. The maximum absolute atomic E-state index is 5.68. The van der Waals surface area contributed by atoms with Crippen molar-refractivity contribution in [2.24, 2.45) is 0 Å². The molecule has 0 aliphatic carbocycles. The van der Waals surface area contributed by atoms with Gasteiger partial charge in [0.2, 0.25) is 0 Å². The third-order valence-corrected chi connectivity index (χ3v) is 1.91. The first kappa shape index (κ1) is 10.7. The summed E-state index contributed by atoms with van der Waals surface area (Å²) in [7, 11) is 0. The molecule has 1 aromatic heterocycles. The van der Waals surface area contributed by atoms with Crippen molar-refractivity contribution in [3.63, 3.8) is 0 Å². The van der Waals surface area contributed by atoms with E-state index in [1.165, 1.54) is 0 Å². The van der Waals surface area contributed by atoms with E-state index in [9.17, 15) is 0 Å². The summed E-state index contributed by atoms with van der Waals surface area (Å²) < 4.78 is 0. The molecule has 0 unspecified atom stereocenters. The van der Waals surface area contributed by atoms with Crippen LogP contribution in [0, 0.1) is 6.92 Å². The van der Waals surface area contributed by atoms with Gasteiger partial charge in [0.1, 0.15) is 0 Å². The molecule has 0 saturated carbocycles. The van der Waals surface area contributed by atoms with Crippen LogP contribution >= 0.6 is 23.2 Å². The van der Waals surface area contributed by atoms with Gasteiger partial charge in [0.25, 0.3) is 0 Å². The number of halogens is 2. The Kier molecular flexibility index (Phi) is 4.81. The van der Waals surface area contributed by atoms with Crippen LogP contribution in [0.4, 0.5) is 0 Å². The molecule has 0 aliphatic heterocycles. The summed E-state index contributed by atoms with van der Waals surface area (Å²) in [6.07, 6.45) is 1.63. The van der Waals surface area contributed by atoms with E-state index in [2.05, 4.69) is 4.98 Å². The Morgan fingerprint density at radius 2 is 2.00 bits per heavy atom. The predicted octanol–water partition coefficient (Wildman–Crippen LogP) is 2.69. The second kappa shape index (κ2) is 4.51. The van der Waals surface area contributed by atoms with Gasteiger partial charge in [-0.2, -0.15) is 0 Å². The maximum Gasteiger partial charge on any atom is 0.0804 e. The summed E-state index contributed by atoms with van der Waals surface area (Å²) in [4.78, 5) is 3.92. The Morgan fingerprint density at radius 3 is 2.40 bits per heavy atom. The largest absolute Gasteiger partial charge is 0.260 e. The number of pyridine rings is 1. The molecule has 0 bridgehead atoms. The van der Waals surface area contributed by atoms with Crippen molar-refractivity contribution in [1.82, 2.24) is 4.98 Å². The first-order valence-corrected chi connectivity index (χ1v) is 3.24. The zero-order valence-electron chi connectivity index (χ0n) is 5.56. The van der Waals surface area contributed by atoms with E-state index in [-0.39, 0.29) is 27.3 Å². The fraction of sp³-hybridized carbons (Fsp3) is 0.167.